The third-order valence-corrected chi connectivity index (χ3v) is 5.20. The molecular weight excluding hydrogens is 421 g/mol. The second kappa shape index (κ2) is 10.8. The van der Waals surface area contributed by atoms with Crippen LogP contribution in [-0.4, -0.2) is 40.1 Å². The first-order valence-corrected chi connectivity index (χ1v) is 10.6. The quantitative estimate of drug-likeness (QED) is 0.408. The first-order chi connectivity index (χ1) is 14.2. The Kier molecular flexibility index (Phi) is 8.48. The molecule has 0 bridgehead atoms. The third kappa shape index (κ3) is 8.70. The average Bonchev–Trinajstić information content (AvgIpc) is 2.70. The maximum atomic E-state index is 12.5. The highest BCUT2D eigenvalue weighted by Gasteiger charge is 2.31. The van der Waals surface area contributed by atoms with E-state index in [0.717, 1.165) is 5.56 Å². The molecule has 0 saturated carbocycles. The van der Waals surface area contributed by atoms with Crippen LogP contribution in [0, 0.1) is 0 Å². The highest BCUT2D eigenvalue weighted by molar-refractivity contribution is 7.89. The highest BCUT2D eigenvalue weighted by atomic mass is 32.2. The molecule has 0 aliphatic rings. The molecule has 0 amide bonds. The fourth-order valence-corrected chi connectivity index (χ4v) is 3.34. The van der Waals surface area contributed by atoms with E-state index >= 15 is 0 Å². The van der Waals surface area contributed by atoms with Crippen molar-refractivity contribution in [1.82, 2.24) is 15.4 Å². The van der Waals surface area contributed by atoms with Crippen molar-refractivity contribution in [3.05, 3.63) is 65.7 Å². The number of nitrogens with zero attached hydrogens (tertiary/aromatic N) is 1. The molecule has 0 radical (unpaired) electrons. The Labute approximate surface area is 173 Å². The van der Waals surface area contributed by atoms with Crippen molar-refractivity contribution in [2.24, 2.45) is 4.99 Å². The van der Waals surface area contributed by atoms with E-state index in [1.54, 1.807) is 6.07 Å². The van der Waals surface area contributed by atoms with E-state index in [0.29, 0.717) is 0 Å². The molecule has 2 aromatic carbocycles. The lowest BCUT2D eigenvalue weighted by Gasteiger charge is -2.15. The maximum Gasteiger partial charge on any atom is 0.573 e. The molecule has 0 saturated heterocycles. The SMILES string of the molecule is CN=C(NCCS(=O)(=O)NCc1ccccc1)NCc1ccccc1OC(F)(F)F. The standard InChI is InChI=1S/C19H23F3N4O3S/c1-23-18(25-14-16-9-5-6-10-17(16)29-19(20,21)22)24-11-12-30(27,28)26-13-15-7-3-2-4-8-15/h2-10,26H,11-14H2,1H3,(H2,23,24,25). The lowest BCUT2D eigenvalue weighted by molar-refractivity contribution is -0.274. The van der Waals surface area contributed by atoms with Crippen molar-refractivity contribution in [2.45, 2.75) is 19.5 Å². The third-order valence-electron chi connectivity index (χ3n) is 3.87. The zero-order chi connectivity index (χ0) is 22.0. The molecule has 0 aromatic heterocycles. The summed E-state index contributed by atoms with van der Waals surface area (Å²) in [6, 6.07) is 14.8. The molecule has 164 valence electrons. The van der Waals surface area contributed by atoms with Gasteiger partial charge in [-0.1, -0.05) is 48.5 Å². The topological polar surface area (TPSA) is 91.8 Å². The molecule has 0 aliphatic heterocycles. The van der Waals surface area contributed by atoms with Gasteiger partial charge < -0.3 is 15.4 Å². The molecule has 3 N–H and O–H groups in total. The summed E-state index contributed by atoms with van der Waals surface area (Å²) in [6.45, 7) is 0.252. The van der Waals surface area contributed by atoms with Crippen molar-refractivity contribution >= 4 is 16.0 Å². The number of benzene rings is 2. The van der Waals surface area contributed by atoms with Gasteiger partial charge in [0.1, 0.15) is 5.75 Å². The number of sulfonamides is 1. The van der Waals surface area contributed by atoms with Crippen LogP contribution < -0.4 is 20.1 Å². The Morgan fingerprint density at radius 2 is 1.67 bits per heavy atom. The first kappa shape index (κ1) is 23.5. The van der Waals surface area contributed by atoms with E-state index in [1.807, 2.05) is 30.3 Å². The Bertz CT molecular complexity index is 936. The minimum Gasteiger partial charge on any atom is -0.405 e. The summed E-state index contributed by atoms with van der Waals surface area (Å²) in [6.07, 6.45) is -4.79. The molecule has 2 rings (SSSR count). The van der Waals surface area contributed by atoms with Gasteiger partial charge in [0.2, 0.25) is 10.0 Å². The molecule has 2 aromatic rings. The van der Waals surface area contributed by atoms with Crippen LogP contribution in [0.5, 0.6) is 5.75 Å². The van der Waals surface area contributed by atoms with Gasteiger partial charge in [-0.2, -0.15) is 0 Å². The molecule has 0 fully saturated rings. The van der Waals surface area contributed by atoms with Gasteiger partial charge in [-0.15, -0.1) is 13.2 Å². The summed E-state index contributed by atoms with van der Waals surface area (Å²) in [7, 11) is -2.05. The summed E-state index contributed by atoms with van der Waals surface area (Å²) in [4.78, 5) is 3.94. The number of halogens is 3. The summed E-state index contributed by atoms with van der Waals surface area (Å²) in [5.41, 5.74) is 1.11. The van der Waals surface area contributed by atoms with Crippen LogP contribution in [0.3, 0.4) is 0 Å². The van der Waals surface area contributed by atoms with E-state index in [1.165, 1.54) is 25.2 Å². The zero-order valence-electron chi connectivity index (χ0n) is 16.2. The van der Waals surface area contributed by atoms with Crippen molar-refractivity contribution in [3.63, 3.8) is 0 Å². The molecule has 0 spiro atoms. The lowest BCUT2D eigenvalue weighted by Crippen LogP contribution is -2.40. The fraction of sp³-hybridized carbons (Fsp3) is 0.316. The van der Waals surface area contributed by atoms with E-state index < -0.39 is 16.4 Å². The molecule has 0 heterocycles. The second-order valence-electron chi connectivity index (χ2n) is 6.13. The number of para-hydroxylation sites is 1. The minimum atomic E-state index is -4.79. The minimum absolute atomic E-state index is 0.00489. The first-order valence-electron chi connectivity index (χ1n) is 8.98. The van der Waals surface area contributed by atoms with E-state index in [-0.39, 0.29) is 42.7 Å². The Balaban J connectivity index is 1.81. The predicted molar refractivity (Wildman–Crippen MR) is 108 cm³/mol. The van der Waals surface area contributed by atoms with Crippen LogP contribution in [0.15, 0.2) is 59.6 Å². The summed E-state index contributed by atoms with van der Waals surface area (Å²) < 4.78 is 68.2. The smallest absolute Gasteiger partial charge is 0.405 e. The van der Waals surface area contributed by atoms with Crippen molar-refractivity contribution < 1.29 is 26.3 Å². The highest BCUT2D eigenvalue weighted by Crippen LogP contribution is 2.25. The van der Waals surface area contributed by atoms with Crippen LogP contribution in [0.4, 0.5) is 13.2 Å². The Morgan fingerprint density at radius 3 is 2.33 bits per heavy atom. The molecule has 0 aliphatic carbocycles. The van der Waals surface area contributed by atoms with Gasteiger partial charge in [0.25, 0.3) is 0 Å². The molecule has 7 nitrogen and oxygen atoms in total. The molecular formula is C19H23F3N4O3S. The molecule has 11 heteroatoms. The van der Waals surface area contributed by atoms with Gasteiger partial charge in [0.05, 0.1) is 5.75 Å². The fourth-order valence-electron chi connectivity index (χ4n) is 2.44. The van der Waals surface area contributed by atoms with Crippen LogP contribution in [0.25, 0.3) is 0 Å². The largest absolute Gasteiger partial charge is 0.573 e. The van der Waals surface area contributed by atoms with Gasteiger partial charge in [-0.25, -0.2) is 13.1 Å². The summed E-state index contributed by atoms with van der Waals surface area (Å²) >= 11 is 0. The van der Waals surface area contributed by atoms with Gasteiger partial charge in [0.15, 0.2) is 5.96 Å². The van der Waals surface area contributed by atoms with Gasteiger partial charge in [-0.3, -0.25) is 4.99 Å². The van der Waals surface area contributed by atoms with Gasteiger partial charge in [0, 0.05) is 32.2 Å². The number of guanidine groups is 1. The number of hydrogen-bond donors (Lipinski definition) is 3. The number of alkyl halides is 3. The number of nitrogens with one attached hydrogen (secondary N) is 3. The van der Waals surface area contributed by atoms with Gasteiger partial charge in [-0.05, 0) is 11.6 Å². The second-order valence-corrected chi connectivity index (χ2v) is 8.06. The number of rotatable bonds is 9. The lowest BCUT2D eigenvalue weighted by atomic mass is 10.2. The van der Waals surface area contributed by atoms with E-state index in [4.69, 9.17) is 0 Å². The van der Waals surface area contributed by atoms with Crippen molar-refractivity contribution in [3.8, 4) is 5.75 Å². The van der Waals surface area contributed by atoms with Gasteiger partial charge >= 0.3 is 6.36 Å². The Morgan fingerprint density at radius 1 is 1.00 bits per heavy atom. The number of ether oxygens (including phenoxy) is 1. The number of aliphatic imine (C=N–C) groups is 1. The zero-order valence-corrected chi connectivity index (χ0v) is 17.1. The monoisotopic (exact) mass is 444 g/mol. The molecule has 0 atom stereocenters. The van der Waals surface area contributed by atoms with Crippen LogP contribution in [-0.2, 0) is 23.1 Å². The predicted octanol–water partition coefficient (Wildman–Crippen LogP) is 2.37. The van der Waals surface area contributed by atoms with E-state index in [9.17, 15) is 21.6 Å². The van der Waals surface area contributed by atoms with E-state index in [2.05, 4.69) is 25.1 Å². The Hall–Kier alpha value is -2.79. The normalized spacial score (nSPS) is 12.5. The molecule has 30 heavy (non-hydrogen) atoms. The van der Waals surface area contributed by atoms with Crippen LogP contribution in [0.1, 0.15) is 11.1 Å². The van der Waals surface area contributed by atoms with Crippen molar-refractivity contribution in [2.75, 3.05) is 19.3 Å². The maximum absolute atomic E-state index is 12.5. The van der Waals surface area contributed by atoms with Crippen LogP contribution >= 0.6 is 0 Å². The summed E-state index contributed by atoms with van der Waals surface area (Å²) in [5.74, 6) is -0.274. The average molecular weight is 444 g/mol. The number of hydrogen-bond acceptors (Lipinski definition) is 4. The van der Waals surface area contributed by atoms with Crippen molar-refractivity contribution in [1.29, 1.82) is 0 Å². The molecule has 0 unspecified atom stereocenters. The van der Waals surface area contributed by atoms with Crippen LogP contribution in [0.2, 0.25) is 0 Å². The summed E-state index contributed by atoms with van der Waals surface area (Å²) in [5, 5.41) is 5.65.